The van der Waals surface area contributed by atoms with E-state index >= 15 is 0 Å². The summed E-state index contributed by atoms with van der Waals surface area (Å²) in [5.41, 5.74) is 4.03. The number of hydrogen-bond donors (Lipinski definition) is 0. The molecule has 0 saturated carbocycles. The Kier molecular flexibility index (Phi) is 7.07. The summed E-state index contributed by atoms with van der Waals surface area (Å²) in [6.07, 6.45) is 1.59. The molecular weight excluding hydrogens is 416 g/mol. The van der Waals surface area contributed by atoms with Crippen molar-refractivity contribution in [3.05, 3.63) is 66.0 Å². The number of amides is 1. The molecule has 1 fully saturated rings. The number of aryl methyl sites for hydroxylation is 2. The first-order chi connectivity index (χ1) is 16.0. The van der Waals surface area contributed by atoms with Gasteiger partial charge >= 0.3 is 0 Å². The van der Waals surface area contributed by atoms with Gasteiger partial charge in [-0.1, -0.05) is 12.1 Å². The summed E-state index contributed by atoms with van der Waals surface area (Å²) in [7, 11) is 0. The van der Waals surface area contributed by atoms with Crippen molar-refractivity contribution in [2.75, 3.05) is 44.3 Å². The van der Waals surface area contributed by atoms with E-state index in [2.05, 4.69) is 14.9 Å². The van der Waals surface area contributed by atoms with E-state index in [0.29, 0.717) is 19.7 Å². The second-order valence-corrected chi connectivity index (χ2v) is 8.14. The summed E-state index contributed by atoms with van der Waals surface area (Å²) >= 11 is 0. The van der Waals surface area contributed by atoms with Gasteiger partial charge in [-0.25, -0.2) is 9.97 Å². The molecule has 2 heterocycles. The van der Waals surface area contributed by atoms with Gasteiger partial charge in [-0.05, 0) is 62.2 Å². The molecule has 1 aromatic heterocycles. The van der Waals surface area contributed by atoms with Crippen LogP contribution in [0.3, 0.4) is 0 Å². The fraction of sp³-hybridized carbons (Fsp3) is 0.346. The van der Waals surface area contributed by atoms with Crippen molar-refractivity contribution in [2.45, 2.75) is 20.8 Å². The molecule has 7 heteroatoms. The predicted molar refractivity (Wildman–Crippen MR) is 129 cm³/mol. The lowest BCUT2D eigenvalue weighted by molar-refractivity contribution is -0.133. The molecule has 4 rings (SSSR count). The largest absolute Gasteiger partial charge is 0.494 e. The molecular formula is C26H30N4O3. The van der Waals surface area contributed by atoms with Gasteiger partial charge in [0.2, 0.25) is 0 Å². The Morgan fingerprint density at radius 2 is 1.70 bits per heavy atom. The van der Waals surface area contributed by atoms with Gasteiger partial charge in [-0.2, -0.15) is 0 Å². The van der Waals surface area contributed by atoms with Gasteiger partial charge in [-0.3, -0.25) is 4.79 Å². The number of hydrogen-bond acceptors (Lipinski definition) is 6. The highest BCUT2D eigenvalue weighted by atomic mass is 16.5. The van der Waals surface area contributed by atoms with E-state index in [9.17, 15) is 4.79 Å². The fourth-order valence-electron chi connectivity index (χ4n) is 3.84. The second-order valence-electron chi connectivity index (χ2n) is 8.14. The summed E-state index contributed by atoms with van der Waals surface area (Å²) < 4.78 is 11.3. The molecule has 1 aliphatic rings. The molecule has 0 radical (unpaired) electrons. The summed E-state index contributed by atoms with van der Waals surface area (Å²) in [6, 6.07) is 15.9. The van der Waals surface area contributed by atoms with E-state index < -0.39 is 0 Å². The van der Waals surface area contributed by atoms with Crippen LogP contribution in [0.2, 0.25) is 0 Å². The summed E-state index contributed by atoms with van der Waals surface area (Å²) in [4.78, 5) is 25.6. The maximum absolute atomic E-state index is 12.7. The number of aromatic nitrogens is 2. The van der Waals surface area contributed by atoms with Crippen molar-refractivity contribution in [2.24, 2.45) is 0 Å². The predicted octanol–water partition coefficient (Wildman–Crippen LogP) is 3.89. The molecule has 1 amide bonds. The van der Waals surface area contributed by atoms with Crippen molar-refractivity contribution >= 4 is 11.7 Å². The van der Waals surface area contributed by atoms with Gasteiger partial charge in [-0.15, -0.1) is 0 Å². The summed E-state index contributed by atoms with van der Waals surface area (Å²) in [5, 5.41) is 0. The quantitative estimate of drug-likeness (QED) is 0.549. The van der Waals surface area contributed by atoms with E-state index in [-0.39, 0.29) is 12.5 Å². The monoisotopic (exact) mass is 446 g/mol. The number of nitrogens with zero attached hydrogens (tertiary/aromatic N) is 4. The molecule has 1 aliphatic heterocycles. The van der Waals surface area contributed by atoms with Crippen LogP contribution in [0.25, 0.3) is 11.3 Å². The van der Waals surface area contributed by atoms with Gasteiger partial charge in [0.25, 0.3) is 5.91 Å². The second kappa shape index (κ2) is 10.3. The summed E-state index contributed by atoms with van der Waals surface area (Å²) in [5.74, 6) is 2.49. The van der Waals surface area contributed by atoms with Crippen LogP contribution >= 0.6 is 0 Å². The lowest BCUT2D eigenvalue weighted by Crippen LogP contribution is -2.50. The Bertz CT molecular complexity index is 1090. The van der Waals surface area contributed by atoms with Crippen molar-refractivity contribution < 1.29 is 14.3 Å². The molecule has 0 unspecified atom stereocenters. The average molecular weight is 447 g/mol. The first-order valence-corrected chi connectivity index (χ1v) is 11.3. The van der Waals surface area contributed by atoms with Crippen LogP contribution in [0.1, 0.15) is 18.1 Å². The zero-order chi connectivity index (χ0) is 23.2. The number of ether oxygens (including phenoxy) is 2. The van der Waals surface area contributed by atoms with Gasteiger partial charge < -0.3 is 19.3 Å². The molecule has 2 aromatic carbocycles. The van der Waals surface area contributed by atoms with Gasteiger partial charge in [0.15, 0.2) is 6.61 Å². The van der Waals surface area contributed by atoms with Gasteiger partial charge in [0.1, 0.15) is 23.6 Å². The maximum atomic E-state index is 12.7. The third-order valence-corrected chi connectivity index (χ3v) is 5.76. The molecule has 172 valence electrons. The van der Waals surface area contributed by atoms with Crippen LogP contribution in [0, 0.1) is 13.8 Å². The Labute approximate surface area is 195 Å². The molecule has 0 bridgehead atoms. The van der Waals surface area contributed by atoms with Crippen LogP contribution in [-0.2, 0) is 4.79 Å². The van der Waals surface area contributed by atoms with E-state index in [0.717, 1.165) is 52.8 Å². The zero-order valence-electron chi connectivity index (χ0n) is 19.5. The van der Waals surface area contributed by atoms with Crippen LogP contribution in [0.5, 0.6) is 11.5 Å². The lowest BCUT2D eigenvalue weighted by Gasteiger charge is -2.35. The minimum atomic E-state index is 0.00770. The number of piperazine rings is 1. The van der Waals surface area contributed by atoms with Crippen molar-refractivity contribution in [1.82, 2.24) is 14.9 Å². The molecule has 0 atom stereocenters. The number of carbonyl (C=O) groups is 1. The number of carbonyl (C=O) groups excluding carboxylic acids is 1. The van der Waals surface area contributed by atoms with Gasteiger partial charge in [0.05, 0.1) is 12.3 Å². The van der Waals surface area contributed by atoms with Crippen LogP contribution < -0.4 is 14.4 Å². The Hall–Kier alpha value is -3.61. The molecule has 0 spiro atoms. The van der Waals surface area contributed by atoms with Crippen LogP contribution in [-0.4, -0.2) is 60.2 Å². The van der Waals surface area contributed by atoms with E-state index in [1.54, 1.807) is 6.33 Å². The number of rotatable bonds is 7. The highest BCUT2D eigenvalue weighted by molar-refractivity contribution is 5.78. The smallest absolute Gasteiger partial charge is 0.260 e. The number of anilines is 1. The van der Waals surface area contributed by atoms with E-state index in [1.807, 2.05) is 74.2 Å². The molecule has 0 N–H and O–H groups in total. The standard InChI is InChI=1S/C26H30N4O3/c1-4-32-22-9-7-21(8-10-22)23-16-25(28-18-27-23)29-11-13-30(14-12-29)26(31)17-33-24-15-19(2)5-6-20(24)3/h5-10,15-16,18H,4,11-14,17H2,1-3H3. The fourth-order valence-corrected chi connectivity index (χ4v) is 3.84. The first-order valence-electron chi connectivity index (χ1n) is 11.3. The minimum Gasteiger partial charge on any atom is -0.494 e. The Morgan fingerprint density at radius 3 is 2.42 bits per heavy atom. The average Bonchev–Trinajstić information content (AvgIpc) is 2.85. The summed E-state index contributed by atoms with van der Waals surface area (Å²) in [6.45, 7) is 9.38. The third-order valence-electron chi connectivity index (χ3n) is 5.76. The topological polar surface area (TPSA) is 67.8 Å². The van der Waals surface area contributed by atoms with Crippen molar-refractivity contribution in [3.63, 3.8) is 0 Å². The molecule has 3 aromatic rings. The maximum Gasteiger partial charge on any atom is 0.260 e. The SMILES string of the molecule is CCOc1ccc(-c2cc(N3CCN(C(=O)COc4cc(C)ccc4C)CC3)ncn2)cc1. The Balaban J connectivity index is 1.33. The molecule has 7 nitrogen and oxygen atoms in total. The van der Waals surface area contributed by atoms with Crippen molar-refractivity contribution in [3.8, 4) is 22.8 Å². The first kappa shape index (κ1) is 22.6. The highest BCUT2D eigenvalue weighted by Crippen LogP contribution is 2.24. The number of benzene rings is 2. The lowest BCUT2D eigenvalue weighted by atomic mass is 10.1. The van der Waals surface area contributed by atoms with Crippen LogP contribution in [0.4, 0.5) is 5.82 Å². The third kappa shape index (κ3) is 5.61. The Morgan fingerprint density at radius 1 is 0.939 bits per heavy atom. The van der Waals surface area contributed by atoms with E-state index in [1.165, 1.54) is 0 Å². The molecule has 33 heavy (non-hydrogen) atoms. The molecule has 0 aliphatic carbocycles. The minimum absolute atomic E-state index is 0.00770. The van der Waals surface area contributed by atoms with Crippen molar-refractivity contribution in [1.29, 1.82) is 0 Å². The van der Waals surface area contributed by atoms with Crippen LogP contribution in [0.15, 0.2) is 54.9 Å². The van der Waals surface area contributed by atoms with Gasteiger partial charge in [0, 0.05) is 37.8 Å². The molecule has 1 saturated heterocycles. The zero-order valence-corrected chi connectivity index (χ0v) is 19.5. The van der Waals surface area contributed by atoms with E-state index in [4.69, 9.17) is 9.47 Å². The normalized spacial score (nSPS) is 13.7. The highest BCUT2D eigenvalue weighted by Gasteiger charge is 2.22.